The van der Waals surface area contributed by atoms with Crippen LogP contribution in [-0.2, 0) is 21.2 Å². The highest BCUT2D eigenvalue weighted by atomic mass is 32.2. The molecule has 0 aliphatic carbocycles. The molecule has 0 bridgehead atoms. The van der Waals surface area contributed by atoms with Crippen LogP contribution in [0.3, 0.4) is 0 Å². The first-order valence-corrected chi connectivity index (χ1v) is 11.1. The molecule has 3 rings (SSSR count). The van der Waals surface area contributed by atoms with Crippen molar-refractivity contribution in [3.63, 3.8) is 0 Å². The van der Waals surface area contributed by atoms with Crippen LogP contribution in [0.5, 0.6) is 0 Å². The monoisotopic (exact) mass is 436 g/mol. The van der Waals surface area contributed by atoms with Crippen LogP contribution in [0.25, 0.3) is 0 Å². The Hall–Kier alpha value is -3.49. The number of aryl methyl sites for hydroxylation is 1. The predicted molar refractivity (Wildman–Crippen MR) is 122 cm³/mol. The number of rotatable bonds is 8. The number of carbonyl (C=O) groups is 1. The lowest BCUT2D eigenvalue weighted by molar-refractivity contribution is -0.117. The average molecular weight is 437 g/mol. The highest BCUT2D eigenvalue weighted by Crippen LogP contribution is 2.15. The zero-order valence-electron chi connectivity index (χ0n) is 17.0. The molecule has 1 atom stereocenters. The number of anilines is 1. The molecule has 7 nitrogen and oxygen atoms in total. The molecular weight excluding hydrogens is 412 g/mol. The van der Waals surface area contributed by atoms with Crippen molar-refractivity contribution >= 4 is 27.5 Å². The van der Waals surface area contributed by atoms with E-state index in [1.54, 1.807) is 36.4 Å². The third-order valence-corrected chi connectivity index (χ3v) is 6.18. The number of nitrogens with one attached hydrogen (secondary N) is 3. The minimum Gasteiger partial charge on any atom is -0.384 e. The molecule has 0 saturated carbocycles. The van der Waals surface area contributed by atoms with Gasteiger partial charge in [0.1, 0.15) is 11.9 Å². The van der Waals surface area contributed by atoms with Gasteiger partial charge in [0.2, 0.25) is 15.9 Å². The van der Waals surface area contributed by atoms with E-state index in [4.69, 9.17) is 11.1 Å². The Balaban J connectivity index is 1.83. The van der Waals surface area contributed by atoms with Crippen molar-refractivity contribution in [3.05, 3.63) is 95.6 Å². The van der Waals surface area contributed by atoms with E-state index in [2.05, 4.69) is 10.0 Å². The molecule has 0 saturated heterocycles. The number of hydrogen-bond donors (Lipinski definition) is 4. The molecule has 0 radical (unpaired) electrons. The number of sulfonamides is 1. The molecule has 160 valence electrons. The van der Waals surface area contributed by atoms with Gasteiger partial charge in [0, 0.05) is 11.3 Å². The summed E-state index contributed by atoms with van der Waals surface area (Å²) in [6.45, 7) is 1.87. The normalized spacial score (nSPS) is 12.2. The van der Waals surface area contributed by atoms with Crippen LogP contribution in [0.4, 0.5) is 5.69 Å². The molecule has 0 aliphatic rings. The molecular formula is C23H24N4O3S. The topological polar surface area (TPSA) is 125 Å². The summed E-state index contributed by atoms with van der Waals surface area (Å²) in [6, 6.07) is 21.0. The Morgan fingerprint density at radius 2 is 1.58 bits per heavy atom. The van der Waals surface area contributed by atoms with E-state index in [0.717, 1.165) is 11.1 Å². The van der Waals surface area contributed by atoms with E-state index in [1.807, 2.05) is 37.3 Å². The van der Waals surface area contributed by atoms with Crippen molar-refractivity contribution in [1.82, 2.24) is 4.72 Å². The van der Waals surface area contributed by atoms with Gasteiger partial charge < -0.3 is 11.1 Å². The van der Waals surface area contributed by atoms with Gasteiger partial charge in [-0.05, 0) is 55.3 Å². The van der Waals surface area contributed by atoms with Crippen molar-refractivity contribution in [2.45, 2.75) is 24.3 Å². The lowest BCUT2D eigenvalue weighted by Crippen LogP contribution is -2.45. The second kappa shape index (κ2) is 9.55. The van der Waals surface area contributed by atoms with Crippen LogP contribution in [0.2, 0.25) is 0 Å². The maximum Gasteiger partial charge on any atom is 0.242 e. The fraction of sp³-hybridized carbons (Fsp3) is 0.130. The molecule has 3 aromatic rings. The van der Waals surface area contributed by atoms with Crippen LogP contribution in [-0.4, -0.2) is 26.2 Å². The molecule has 0 fully saturated rings. The molecule has 3 aromatic carbocycles. The molecule has 1 amide bonds. The number of benzene rings is 3. The summed E-state index contributed by atoms with van der Waals surface area (Å²) < 4.78 is 28.3. The summed E-state index contributed by atoms with van der Waals surface area (Å²) in [6.07, 6.45) is 0.184. The van der Waals surface area contributed by atoms with E-state index >= 15 is 0 Å². The average Bonchev–Trinajstić information content (AvgIpc) is 2.74. The SMILES string of the molecule is Cc1ccc(S(=O)(=O)NC(Cc2ccccc2)C(=O)Nc2ccc(C(=N)N)cc2)cc1. The molecule has 1 unspecified atom stereocenters. The first-order valence-electron chi connectivity index (χ1n) is 9.63. The standard InChI is InChI=1S/C23H24N4O3S/c1-16-7-13-20(14-8-16)31(29,30)27-21(15-17-5-3-2-4-6-17)23(28)26-19-11-9-18(10-12-19)22(24)25/h2-14,21,27H,15H2,1H3,(H3,24,25)(H,26,28). The van der Waals surface area contributed by atoms with Gasteiger partial charge in [-0.25, -0.2) is 8.42 Å². The van der Waals surface area contributed by atoms with Gasteiger partial charge in [0.25, 0.3) is 0 Å². The number of nitrogen functional groups attached to an aromatic ring is 1. The molecule has 0 aromatic heterocycles. The van der Waals surface area contributed by atoms with E-state index in [0.29, 0.717) is 11.3 Å². The van der Waals surface area contributed by atoms with Gasteiger partial charge in [-0.15, -0.1) is 0 Å². The number of hydrogen-bond acceptors (Lipinski definition) is 4. The Bertz CT molecular complexity index is 1160. The largest absolute Gasteiger partial charge is 0.384 e. The lowest BCUT2D eigenvalue weighted by atomic mass is 10.1. The quantitative estimate of drug-likeness (QED) is 0.320. The molecule has 0 heterocycles. The van der Waals surface area contributed by atoms with Gasteiger partial charge >= 0.3 is 0 Å². The first kappa shape index (κ1) is 22.2. The van der Waals surface area contributed by atoms with Crippen LogP contribution in [0.15, 0.2) is 83.8 Å². The highest BCUT2D eigenvalue weighted by molar-refractivity contribution is 7.89. The smallest absolute Gasteiger partial charge is 0.242 e. The van der Waals surface area contributed by atoms with Crippen molar-refractivity contribution in [3.8, 4) is 0 Å². The van der Waals surface area contributed by atoms with E-state index in [9.17, 15) is 13.2 Å². The number of amidine groups is 1. The van der Waals surface area contributed by atoms with E-state index in [-0.39, 0.29) is 17.2 Å². The van der Waals surface area contributed by atoms with Crippen LogP contribution >= 0.6 is 0 Å². The van der Waals surface area contributed by atoms with E-state index < -0.39 is 22.0 Å². The first-order chi connectivity index (χ1) is 14.7. The summed E-state index contributed by atoms with van der Waals surface area (Å²) in [4.78, 5) is 13.1. The highest BCUT2D eigenvalue weighted by Gasteiger charge is 2.26. The van der Waals surface area contributed by atoms with Gasteiger partial charge in [-0.2, -0.15) is 4.72 Å². The lowest BCUT2D eigenvalue weighted by Gasteiger charge is -2.19. The number of carbonyl (C=O) groups excluding carboxylic acids is 1. The summed E-state index contributed by atoms with van der Waals surface area (Å²) in [5.74, 6) is -0.569. The minimum absolute atomic E-state index is 0.0781. The zero-order valence-corrected chi connectivity index (χ0v) is 17.8. The Kier molecular flexibility index (Phi) is 6.84. The van der Waals surface area contributed by atoms with Gasteiger partial charge in [-0.3, -0.25) is 10.2 Å². The van der Waals surface area contributed by atoms with E-state index in [1.165, 1.54) is 12.1 Å². The van der Waals surface area contributed by atoms with Crippen molar-refractivity contribution < 1.29 is 13.2 Å². The maximum atomic E-state index is 13.0. The summed E-state index contributed by atoms with van der Waals surface area (Å²) in [5.41, 5.74) is 8.21. The van der Waals surface area contributed by atoms with Gasteiger partial charge in [0.05, 0.1) is 4.90 Å². The second-order valence-electron chi connectivity index (χ2n) is 7.16. The molecule has 5 N–H and O–H groups in total. The van der Waals surface area contributed by atoms with Gasteiger partial charge in [0.15, 0.2) is 0 Å². The fourth-order valence-corrected chi connectivity index (χ4v) is 4.17. The van der Waals surface area contributed by atoms with Crippen molar-refractivity contribution in [1.29, 1.82) is 5.41 Å². The van der Waals surface area contributed by atoms with Crippen molar-refractivity contribution in [2.24, 2.45) is 5.73 Å². The van der Waals surface area contributed by atoms with Crippen LogP contribution in [0, 0.1) is 12.3 Å². The third-order valence-electron chi connectivity index (χ3n) is 4.69. The van der Waals surface area contributed by atoms with Crippen molar-refractivity contribution in [2.75, 3.05) is 5.32 Å². The summed E-state index contributed by atoms with van der Waals surface area (Å²) >= 11 is 0. The summed E-state index contributed by atoms with van der Waals surface area (Å²) in [5, 5.41) is 10.2. The molecule has 31 heavy (non-hydrogen) atoms. The molecule has 0 aliphatic heterocycles. The maximum absolute atomic E-state index is 13.0. The molecule has 0 spiro atoms. The Morgan fingerprint density at radius 3 is 2.16 bits per heavy atom. The van der Waals surface area contributed by atoms with Gasteiger partial charge in [-0.1, -0.05) is 48.0 Å². The number of nitrogens with two attached hydrogens (primary N) is 1. The summed E-state index contributed by atoms with van der Waals surface area (Å²) in [7, 11) is -3.91. The second-order valence-corrected chi connectivity index (χ2v) is 8.87. The fourth-order valence-electron chi connectivity index (χ4n) is 2.97. The third kappa shape index (κ3) is 6.00. The minimum atomic E-state index is -3.91. The zero-order chi connectivity index (χ0) is 22.4. The van der Waals surface area contributed by atoms with Crippen LogP contribution < -0.4 is 15.8 Å². The predicted octanol–water partition coefficient (Wildman–Crippen LogP) is 2.81. The Labute approximate surface area is 181 Å². The number of amides is 1. The van der Waals surface area contributed by atoms with Crippen LogP contribution in [0.1, 0.15) is 16.7 Å². The Morgan fingerprint density at radius 1 is 0.968 bits per heavy atom. The molecule has 8 heteroatoms.